The summed E-state index contributed by atoms with van der Waals surface area (Å²) in [5.74, 6) is 0. The van der Waals surface area contributed by atoms with Gasteiger partial charge in [-0.05, 0) is 37.5 Å². The first-order valence-electron chi connectivity index (χ1n) is 8.40. The number of hydrogen-bond donors (Lipinski definition) is 2. The molecule has 1 unspecified atom stereocenters. The fourth-order valence-electron chi connectivity index (χ4n) is 3.09. The first-order valence-corrected chi connectivity index (χ1v) is 9.84. The fourth-order valence-corrected chi connectivity index (χ4v) is 4.04. The van der Waals surface area contributed by atoms with Gasteiger partial charge in [0.15, 0.2) is 0 Å². The second-order valence-corrected chi connectivity index (χ2v) is 8.72. The number of sulfonamides is 1. The van der Waals surface area contributed by atoms with E-state index in [0.29, 0.717) is 5.69 Å². The molecule has 9 heteroatoms. The van der Waals surface area contributed by atoms with Gasteiger partial charge in [-0.15, -0.1) is 0 Å². The minimum absolute atomic E-state index is 0.0962. The van der Waals surface area contributed by atoms with Crippen LogP contribution >= 0.6 is 0 Å². The summed E-state index contributed by atoms with van der Waals surface area (Å²) in [6, 6.07) is 5.75. The Balaban J connectivity index is 1.72. The lowest BCUT2D eigenvalue weighted by molar-refractivity contribution is 0.247. The number of urea groups is 1. The van der Waals surface area contributed by atoms with Crippen LogP contribution in [0.5, 0.6) is 0 Å². The topological polar surface area (TPSA) is 96.3 Å². The molecule has 2 aromatic rings. The van der Waals surface area contributed by atoms with Crippen molar-refractivity contribution in [3.05, 3.63) is 41.7 Å². The maximum absolute atomic E-state index is 12.4. The van der Waals surface area contributed by atoms with Crippen molar-refractivity contribution >= 4 is 21.7 Å². The van der Waals surface area contributed by atoms with Gasteiger partial charge in [0.1, 0.15) is 0 Å². The summed E-state index contributed by atoms with van der Waals surface area (Å²) in [6.07, 6.45) is 4.66. The lowest BCUT2D eigenvalue weighted by Crippen LogP contribution is -2.34. The van der Waals surface area contributed by atoms with Crippen LogP contribution in [0, 0.1) is 0 Å². The number of aromatic nitrogens is 2. The van der Waals surface area contributed by atoms with Gasteiger partial charge >= 0.3 is 6.03 Å². The zero-order valence-electron chi connectivity index (χ0n) is 15.1. The molecular weight excluding hydrogens is 354 g/mol. The average Bonchev–Trinajstić information content (AvgIpc) is 2.96. The number of amides is 2. The Morgan fingerprint density at radius 3 is 2.85 bits per heavy atom. The molecule has 0 spiro atoms. The van der Waals surface area contributed by atoms with Crippen molar-refractivity contribution in [2.75, 3.05) is 19.4 Å². The van der Waals surface area contributed by atoms with Crippen LogP contribution in [-0.2, 0) is 23.5 Å². The van der Waals surface area contributed by atoms with Crippen molar-refractivity contribution in [1.29, 1.82) is 0 Å². The number of nitrogens with one attached hydrogen (secondary N) is 2. The summed E-state index contributed by atoms with van der Waals surface area (Å²) in [5.41, 5.74) is 2.48. The molecule has 1 aliphatic rings. The molecule has 0 aliphatic heterocycles. The third kappa shape index (κ3) is 3.73. The predicted molar refractivity (Wildman–Crippen MR) is 98.4 cm³/mol. The Labute approximate surface area is 153 Å². The van der Waals surface area contributed by atoms with Crippen LogP contribution in [0.2, 0.25) is 0 Å². The molecule has 8 nitrogen and oxygen atoms in total. The first kappa shape index (κ1) is 18.4. The van der Waals surface area contributed by atoms with Crippen LogP contribution in [0.15, 0.2) is 35.4 Å². The molecule has 3 rings (SSSR count). The maximum Gasteiger partial charge on any atom is 0.319 e. The van der Waals surface area contributed by atoms with Crippen molar-refractivity contribution < 1.29 is 13.2 Å². The summed E-state index contributed by atoms with van der Waals surface area (Å²) in [4.78, 5) is 12.5. The summed E-state index contributed by atoms with van der Waals surface area (Å²) >= 11 is 0. The van der Waals surface area contributed by atoms with Gasteiger partial charge < -0.3 is 10.6 Å². The Morgan fingerprint density at radius 2 is 2.12 bits per heavy atom. The van der Waals surface area contributed by atoms with Crippen molar-refractivity contribution in [2.24, 2.45) is 7.05 Å². The van der Waals surface area contributed by atoms with E-state index in [0.717, 1.165) is 34.8 Å². The maximum atomic E-state index is 12.4. The van der Waals surface area contributed by atoms with Crippen LogP contribution in [-0.4, -0.2) is 42.6 Å². The van der Waals surface area contributed by atoms with Gasteiger partial charge in [0.25, 0.3) is 0 Å². The lowest BCUT2D eigenvalue weighted by atomic mass is 9.93. The SMILES string of the molecule is CN(C)S(=O)(=O)c1cccc(NC(=O)NC2CCCc3nn(C)cc32)c1. The second kappa shape index (κ2) is 7.08. The number of carbonyl (C=O) groups is 1. The monoisotopic (exact) mass is 377 g/mol. The highest BCUT2D eigenvalue weighted by atomic mass is 32.2. The molecule has 0 saturated heterocycles. The van der Waals surface area contributed by atoms with Crippen LogP contribution < -0.4 is 10.6 Å². The van der Waals surface area contributed by atoms with Gasteiger partial charge in [0.05, 0.1) is 16.6 Å². The summed E-state index contributed by atoms with van der Waals surface area (Å²) in [6.45, 7) is 0. The largest absolute Gasteiger partial charge is 0.331 e. The number of fused-ring (bicyclic) bond motifs is 1. The standard InChI is InChI=1S/C17H23N5O3S/c1-21(2)26(24,25)13-7-4-6-12(10-13)18-17(23)19-15-8-5-9-16-14(15)11-22(3)20-16/h4,6-7,10-11,15H,5,8-9H2,1-3H3,(H2,18,19,23). The van der Waals surface area contributed by atoms with Crippen molar-refractivity contribution in [3.63, 3.8) is 0 Å². The van der Waals surface area contributed by atoms with Gasteiger partial charge in [-0.1, -0.05) is 6.07 Å². The summed E-state index contributed by atoms with van der Waals surface area (Å²) in [7, 11) is 1.26. The molecule has 0 fully saturated rings. The predicted octanol–water partition coefficient (Wildman–Crippen LogP) is 1.87. The number of nitrogens with zero attached hydrogens (tertiary/aromatic N) is 3. The van der Waals surface area contributed by atoms with Crippen LogP contribution in [0.3, 0.4) is 0 Å². The summed E-state index contributed by atoms with van der Waals surface area (Å²) < 4.78 is 27.3. The zero-order valence-corrected chi connectivity index (χ0v) is 15.9. The molecule has 2 amide bonds. The van der Waals surface area contributed by atoms with Crippen molar-refractivity contribution in [3.8, 4) is 0 Å². The van der Waals surface area contributed by atoms with E-state index in [9.17, 15) is 13.2 Å². The van der Waals surface area contributed by atoms with Gasteiger partial charge in [-0.3, -0.25) is 4.68 Å². The Morgan fingerprint density at radius 1 is 1.35 bits per heavy atom. The third-order valence-electron chi connectivity index (χ3n) is 4.40. The van der Waals surface area contributed by atoms with Gasteiger partial charge in [-0.25, -0.2) is 17.5 Å². The van der Waals surface area contributed by atoms with Crippen LogP contribution in [0.4, 0.5) is 10.5 Å². The molecule has 2 N–H and O–H groups in total. The molecule has 1 aliphatic carbocycles. The molecule has 1 atom stereocenters. The zero-order chi connectivity index (χ0) is 18.9. The third-order valence-corrected chi connectivity index (χ3v) is 6.21. The van der Waals surface area contributed by atoms with E-state index in [1.165, 1.54) is 26.2 Å². The second-order valence-electron chi connectivity index (χ2n) is 6.56. The smallest absolute Gasteiger partial charge is 0.319 e. The minimum Gasteiger partial charge on any atom is -0.331 e. The first-order chi connectivity index (χ1) is 12.3. The van der Waals surface area contributed by atoms with E-state index in [1.54, 1.807) is 16.8 Å². The van der Waals surface area contributed by atoms with Crippen LogP contribution in [0.1, 0.15) is 30.1 Å². The number of carbonyl (C=O) groups excluding carboxylic acids is 1. The molecular formula is C17H23N5O3S. The van der Waals surface area contributed by atoms with E-state index in [4.69, 9.17) is 0 Å². The Hall–Kier alpha value is -2.39. The molecule has 1 heterocycles. The fraction of sp³-hybridized carbons (Fsp3) is 0.412. The number of hydrogen-bond acceptors (Lipinski definition) is 4. The quantitative estimate of drug-likeness (QED) is 0.850. The molecule has 0 saturated carbocycles. The molecule has 0 bridgehead atoms. The highest BCUT2D eigenvalue weighted by Gasteiger charge is 2.24. The molecule has 1 aromatic heterocycles. The highest BCUT2D eigenvalue weighted by molar-refractivity contribution is 7.89. The highest BCUT2D eigenvalue weighted by Crippen LogP contribution is 2.28. The van der Waals surface area contributed by atoms with Crippen molar-refractivity contribution in [1.82, 2.24) is 19.4 Å². The number of rotatable bonds is 4. The van der Waals surface area contributed by atoms with E-state index in [2.05, 4.69) is 15.7 Å². The lowest BCUT2D eigenvalue weighted by Gasteiger charge is -2.23. The number of benzene rings is 1. The van der Waals surface area contributed by atoms with E-state index < -0.39 is 10.0 Å². The van der Waals surface area contributed by atoms with Crippen molar-refractivity contribution in [2.45, 2.75) is 30.2 Å². The number of anilines is 1. The molecule has 1 aromatic carbocycles. The Kier molecular flexibility index (Phi) is 5.01. The van der Waals surface area contributed by atoms with Gasteiger partial charge in [0, 0.05) is 38.6 Å². The molecule has 140 valence electrons. The van der Waals surface area contributed by atoms with Crippen LogP contribution in [0.25, 0.3) is 0 Å². The molecule has 0 radical (unpaired) electrons. The van der Waals surface area contributed by atoms with Gasteiger partial charge in [0.2, 0.25) is 10.0 Å². The normalized spacial score (nSPS) is 17.0. The van der Waals surface area contributed by atoms with Gasteiger partial charge in [-0.2, -0.15) is 5.10 Å². The van der Waals surface area contributed by atoms with E-state index >= 15 is 0 Å². The minimum atomic E-state index is -3.55. The summed E-state index contributed by atoms with van der Waals surface area (Å²) in [5, 5.41) is 10.1. The Bertz CT molecular complexity index is 920. The molecule has 26 heavy (non-hydrogen) atoms. The van der Waals surface area contributed by atoms with E-state index in [1.807, 2.05) is 13.2 Å². The van der Waals surface area contributed by atoms with E-state index in [-0.39, 0.29) is 17.0 Å². The average molecular weight is 377 g/mol. The number of aryl methyl sites for hydroxylation is 2.